The van der Waals surface area contributed by atoms with Gasteiger partial charge in [-0.2, -0.15) is 0 Å². The Bertz CT molecular complexity index is 493. The topological polar surface area (TPSA) is 46.6 Å². The third kappa shape index (κ3) is 1.75. The molecule has 0 spiro atoms. The Hall–Kier alpha value is -1.94. The predicted molar refractivity (Wildman–Crippen MR) is 64.8 cm³/mol. The molecule has 0 aromatic heterocycles. The summed E-state index contributed by atoms with van der Waals surface area (Å²) in [7, 11) is 0. The first-order valence-corrected chi connectivity index (χ1v) is 6.03. The molecule has 0 saturated carbocycles. The Morgan fingerprint density at radius 2 is 1.61 bits per heavy atom. The highest BCUT2D eigenvalue weighted by Crippen LogP contribution is 2.24. The highest BCUT2D eigenvalue weighted by atomic mass is 16.7. The summed E-state index contributed by atoms with van der Waals surface area (Å²) >= 11 is 0. The quantitative estimate of drug-likeness (QED) is 0.604. The molecule has 4 heteroatoms. The SMILES string of the molecule is O=C1c2ccccc2C(=O)N1OCC1CC=CC1. The predicted octanol–water partition coefficient (Wildman–Crippen LogP) is 2.18. The van der Waals surface area contributed by atoms with E-state index in [1.165, 1.54) is 0 Å². The number of carbonyl (C=O) groups is 2. The third-order valence-electron chi connectivity index (χ3n) is 3.30. The first-order valence-electron chi connectivity index (χ1n) is 6.03. The van der Waals surface area contributed by atoms with Crippen LogP contribution < -0.4 is 0 Å². The van der Waals surface area contributed by atoms with Crippen LogP contribution in [0.2, 0.25) is 0 Å². The van der Waals surface area contributed by atoms with Crippen molar-refractivity contribution in [2.75, 3.05) is 6.61 Å². The summed E-state index contributed by atoms with van der Waals surface area (Å²) in [6.45, 7) is 0.401. The molecule has 4 nitrogen and oxygen atoms in total. The van der Waals surface area contributed by atoms with Crippen LogP contribution in [-0.2, 0) is 4.84 Å². The maximum Gasteiger partial charge on any atom is 0.285 e. The van der Waals surface area contributed by atoms with Gasteiger partial charge in [-0.15, -0.1) is 5.06 Å². The molecule has 0 atom stereocenters. The van der Waals surface area contributed by atoms with Gasteiger partial charge in [0.1, 0.15) is 0 Å². The molecule has 92 valence electrons. The molecule has 18 heavy (non-hydrogen) atoms. The van der Waals surface area contributed by atoms with E-state index in [1.807, 2.05) is 0 Å². The number of benzene rings is 1. The number of rotatable bonds is 3. The first kappa shape index (κ1) is 11.2. The van der Waals surface area contributed by atoms with Crippen LogP contribution in [0.1, 0.15) is 33.6 Å². The van der Waals surface area contributed by atoms with Gasteiger partial charge in [-0.3, -0.25) is 14.4 Å². The number of imide groups is 1. The molecule has 0 unspecified atom stereocenters. The minimum absolute atomic E-state index is 0.360. The van der Waals surface area contributed by atoms with Crippen molar-refractivity contribution in [3.8, 4) is 0 Å². The van der Waals surface area contributed by atoms with Gasteiger partial charge in [0.15, 0.2) is 0 Å². The number of hydrogen-bond donors (Lipinski definition) is 0. The average molecular weight is 243 g/mol. The smallest absolute Gasteiger partial charge is 0.266 e. The third-order valence-corrected chi connectivity index (χ3v) is 3.30. The largest absolute Gasteiger partial charge is 0.285 e. The number of nitrogens with zero attached hydrogens (tertiary/aromatic N) is 1. The Kier molecular flexibility index (Phi) is 2.72. The second kappa shape index (κ2) is 4.38. The summed E-state index contributed by atoms with van der Waals surface area (Å²) in [5, 5.41) is 0.892. The van der Waals surface area contributed by atoms with E-state index in [1.54, 1.807) is 24.3 Å². The van der Waals surface area contributed by atoms with Gasteiger partial charge >= 0.3 is 0 Å². The lowest BCUT2D eigenvalue weighted by atomic mass is 10.1. The fourth-order valence-corrected chi connectivity index (χ4v) is 2.27. The maximum atomic E-state index is 12.0. The van der Waals surface area contributed by atoms with Gasteiger partial charge in [-0.05, 0) is 30.9 Å². The molecule has 0 radical (unpaired) electrons. The van der Waals surface area contributed by atoms with E-state index in [0.29, 0.717) is 23.7 Å². The molecule has 0 N–H and O–H groups in total. The number of fused-ring (bicyclic) bond motifs is 1. The number of amides is 2. The van der Waals surface area contributed by atoms with Gasteiger partial charge in [0.25, 0.3) is 11.8 Å². The summed E-state index contributed by atoms with van der Waals surface area (Å²) in [5.74, 6) is -0.350. The van der Waals surface area contributed by atoms with Crippen molar-refractivity contribution >= 4 is 11.8 Å². The zero-order chi connectivity index (χ0) is 12.5. The Morgan fingerprint density at radius 3 is 2.17 bits per heavy atom. The van der Waals surface area contributed by atoms with E-state index >= 15 is 0 Å². The molecule has 1 aliphatic heterocycles. The van der Waals surface area contributed by atoms with Gasteiger partial charge < -0.3 is 0 Å². The summed E-state index contributed by atoms with van der Waals surface area (Å²) in [6.07, 6.45) is 6.08. The Labute approximate surface area is 105 Å². The van der Waals surface area contributed by atoms with Crippen LogP contribution >= 0.6 is 0 Å². The van der Waals surface area contributed by atoms with Gasteiger partial charge in [0.2, 0.25) is 0 Å². The molecular weight excluding hydrogens is 230 g/mol. The first-order chi connectivity index (χ1) is 8.77. The lowest BCUT2D eigenvalue weighted by molar-refractivity contribution is -0.102. The molecule has 1 heterocycles. The molecular formula is C14H13NO3. The monoisotopic (exact) mass is 243 g/mol. The molecule has 0 fully saturated rings. The molecule has 0 saturated heterocycles. The van der Waals surface area contributed by atoms with Crippen molar-refractivity contribution in [1.82, 2.24) is 5.06 Å². The minimum Gasteiger partial charge on any atom is -0.266 e. The average Bonchev–Trinajstić information content (AvgIpc) is 2.98. The molecule has 2 amide bonds. The fourth-order valence-electron chi connectivity index (χ4n) is 2.27. The van der Waals surface area contributed by atoms with E-state index in [2.05, 4.69) is 12.2 Å². The summed E-state index contributed by atoms with van der Waals surface area (Å²) in [5.41, 5.74) is 0.846. The van der Waals surface area contributed by atoms with Crippen LogP contribution in [0.15, 0.2) is 36.4 Å². The van der Waals surface area contributed by atoms with Gasteiger partial charge in [0.05, 0.1) is 17.7 Å². The molecule has 1 aromatic rings. The van der Waals surface area contributed by atoms with Crippen molar-refractivity contribution < 1.29 is 14.4 Å². The molecule has 1 aromatic carbocycles. The molecule has 3 rings (SSSR count). The fraction of sp³-hybridized carbons (Fsp3) is 0.286. The van der Waals surface area contributed by atoms with E-state index in [4.69, 9.17) is 4.84 Å². The normalized spacial score (nSPS) is 18.8. The second-order valence-corrected chi connectivity index (χ2v) is 4.55. The van der Waals surface area contributed by atoms with E-state index in [0.717, 1.165) is 17.9 Å². The van der Waals surface area contributed by atoms with Crippen LogP contribution in [0.25, 0.3) is 0 Å². The van der Waals surface area contributed by atoms with E-state index < -0.39 is 0 Å². The summed E-state index contributed by atoms with van der Waals surface area (Å²) in [4.78, 5) is 29.3. The highest BCUT2D eigenvalue weighted by molar-refractivity contribution is 6.20. The Balaban J connectivity index is 1.71. The van der Waals surface area contributed by atoms with Crippen LogP contribution in [0.4, 0.5) is 0 Å². The molecule has 1 aliphatic carbocycles. The molecule has 0 bridgehead atoms. The van der Waals surface area contributed by atoms with Gasteiger partial charge in [-0.25, -0.2) is 0 Å². The lowest BCUT2D eigenvalue weighted by Gasteiger charge is -2.16. The van der Waals surface area contributed by atoms with Crippen molar-refractivity contribution in [2.45, 2.75) is 12.8 Å². The van der Waals surface area contributed by atoms with Crippen molar-refractivity contribution in [3.63, 3.8) is 0 Å². The Morgan fingerprint density at radius 1 is 1.06 bits per heavy atom. The number of carbonyl (C=O) groups excluding carboxylic acids is 2. The second-order valence-electron chi connectivity index (χ2n) is 4.55. The van der Waals surface area contributed by atoms with Crippen molar-refractivity contribution in [2.24, 2.45) is 5.92 Å². The van der Waals surface area contributed by atoms with E-state index in [-0.39, 0.29) is 11.8 Å². The van der Waals surface area contributed by atoms with Gasteiger partial charge in [-0.1, -0.05) is 24.3 Å². The van der Waals surface area contributed by atoms with Crippen molar-refractivity contribution in [1.29, 1.82) is 0 Å². The van der Waals surface area contributed by atoms with Gasteiger partial charge in [0, 0.05) is 0 Å². The van der Waals surface area contributed by atoms with Crippen LogP contribution in [0.3, 0.4) is 0 Å². The highest BCUT2D eigenvalue weighted by Gasteiger charge is 2.36. The zero-order valence-corrected chi connectivity index (χ0v) is 9.83. The summed E-state index contributed by atoms with van der Waals surface area (Å²) < 4.78 is 0. The van der Waals surface area contributed by atoms with Crippen LogP contribution in [0, 0.1) is 5.92 Å². The van der Waals surface area contributed by atoms with Crippen LogP contribution in [0.5, 0.6) is 0 Å². The number of hydrogen-bond acceptors (Lipinski definition) is 3. The molecule has 2 aliphatic rings. The minimum atomic E-state index is -0.360. The van der Waals surface area contributed by atoms with Crippen LogP contribution in [-0.4, -0.2) is 23.5 Å². The summed E-state index contributed by atoms with van der Waals surface area (Å²) in [6, 6.07) is 6.79. The standard InChI is InChI=1S/C14H13NO3/c16-13-11-7-3-4-8-12(11)14(17)15(13)18-9-10-5-1-2-6-10/h1-4,7-8,10H,5-6,9H2. The lowest BCUT2D eigenvalue weighted by Crippen LogP contribution is -2.31. The van der Waals surface area contributed by atoms with E-state index in [9.17, 15) is 9.59 Å². The maximum absolute atomic E-state index is 12.0. The zero-order valence-electron chi connectivity index (χ0n) is 9.83. The number of hydroxylamine groups is 2. The van der Waals surface area contributed by atoms with Crippen molar-refractivity contribution in [3.05, 3.63) is 47.5 Å². The number of allylic oxidation sites excluding steroid dienone is 2.